The van der Waals surface area contributed by atoms with Crippen LogP contribution in [0.3, 0.4) is 0 Å². The predicted octanol–water partition coefficient (Wildman–Crippen LogP) is 1.14. The molecule has 0 aliphatic carbocycles. The first-order valence-corrected chi connectivity index (χ1v) is 4.92. The summed E-state index contributed by atoms with van der Waals surface area (Å²) in [6, 6.07) is 0. The molecule has 0 aliphatic heterocycles. The average molecular weight is 198 g/mol. The molecule has 0 spiro atoms. The van der Waals surface area contributed by atoms with Crippen LogP contribution in [-0.2, 0) is 17.6 Å². The van der Waals surface area contributed by atoms with Gasteiger partial charge in [-0.05, 0) is 13.3 Å². The average Bonchev–Trinajstić information content (AvgIpc) is 2.63. The Hall–Kier alpha value is -0.870. The minimum Gasteiger partial charge on any atom is -0.446 e. The van der Waals surface area contributed by atoms with Gasteiger partial charge in [0.25, 0.3) is 0 Å². The van der Waals surface area contributed by atoms with Crippen molar-refractivity contribution in [3.05, 3.63) is 17.8 Å². The summed E-state index contributed by atoms with van der Waals surface area (Å²) in [5.74, 6) is 1.64. The third kappa shape index (κ3) is 3.47. The number of hydrogen-bond donors (Lipinski definition) is 1. The molecule has 1 unspecified atom stereocenters. The summed E-state index contributed by atoms with van der Waals surface area (Å²) in [5.41, 5.74) is 5.39. The third-order valence-corrected chi connectivity index (χ3v) is 2.16. The zero-order valence-electron chi connectivity index (χ0n) is 8.82. The molecule has 1 atom stereocenters. The highest BCUT2D eigenvalue weighted by Crippen LogP contribution is 2.09. The van der Waals surface area contributed by atoms with Crippen molar-refractivity contribution < 1.29 is 9.15 Å². The van der Waals surface area contributed by atoms with Gasteiger partial charge >= 0.3 is 0 Å². The first-order valence-electron chi connectivity index (χ1n) is 4.92. The molecule has 0 saturated carbocycles. The number of rotatable bonds is 6. The summed E-state index contributed by atoms with van der Waals surface area (Å²) in [4.78, 5) is 4.12. The van der Waals surface area contributed by atoms with Crippen LogP contribution in [0.1, 0.15) is 25.0 Å². The van der Waals surface area contributed by atoms with Crippen LogP contribution in [0.15, 0.2) is 10.6 Å². The predicted molar refractivity (Wildman–Crippen MR) is 54.1 cm³/mol. The van der Waals surface area contributed by atoms with E-state index < -0.39 is 0 Å². The summed E-state index contributed by atoms with van der Waals surface area (Å²) in [7, 11) is 1.71. The second-order valence-electron chi connectivity index (χ2n) is 3.34. The molecule has 14 heavy (non-hydrogen) atoms. The lowest BCUT2D eigenvalue weighted by Gasteiger charge is -2.06. The van der Waals surface area contributed by atoms with Gasteiger partial charge in [0.1, 0.15) is 5.76 Å². The minimum absolute atomic E-state index is 0.262. The Kier molecular flexibility index (Phi) is 4.62. The van der Waals surface area contributed by atoms with E-state index in [0.717, 1.165) is 24.5 Å². The molecule has 0 radical (unpaired) electrons. The molecule has 0 fully saturated rings. The number of aromatic nitrogens is 1. The van der Waals surface area contributed by atoms with E-state index in [0.29, 0.717) is 13.0 Å². The van der Waals surface area contributed by atoms with Gasteiger partial charge in [0.15, 0.2) is 5.89 Å². The van der Waals surface area contributed by atoms with E-state index in [9.17, 15) is 0 Å². The quantitative estimate of drug-likeness (QED) is 0.744. The fourth-order valence-electron chi connectivity index (χ4n) is 1.17. The summed E-state index contributed by atoms with van der Waals surface area (Å²) < 4.78 is 10.6. The maximum absolute atomic E-state index is 5.47. The highest BCUT2D eigenvalue weighted by molar-refractivity contribution is 4.94. The SMILES string of the molecule is COC(C)CCc1cnc(CCN)o1. The Morgan fingerprint density at radius 2 is 2.36 bits per heavy atom. The summed E-state index contributed by atoms with van der Waals surface area (Å²) >= 11 is 0. The van der Waals surface area contributed by atoms with Crippen molar-refractivity contribution >= 4 is 0 Å². The van der Waals surface area contributed by atoms with E-state index >= 15 is 0 Å². The van der Waals surface area contributed by atoms with E-state index in [1.165, 1.54) is 0 Å². The molecule has 2 N–H and O–H groups in total. The highest BCUT2D eigenvalue weighted by Gasteiger charge is 2.05. The molecule has 0 bridgehead atoms. The number of nitrogens with two attached hydrogens (primary N) is 1. The van der Waals surface area contributed by atoms with Crippen LogP contribution in [0.2, 0.25) is 0 Å². The van der Waals surface area contributed by atoms with Crippen molar-refractivity contribution in [2.45, 2.75) is 32.3 Å². The van der Waals surface area contributed by atoms with Crippen LogP contribution in [0.4, 0.5) is 0 Å². The number of aryl methyl sites for hydroxylation is 1. The van der Waals surface area contributed by atoms with Crippen molar-refractivity contribution in [3.8, 4) is 0 Å². The monoisotopic (exact) mass is 198 g/mol. The summed E-state index contributed by atoms with van der Waals surface area (Å²) in [6.45, 7) is 2.62. The molecular weight excluding hydrogens is 180 g/mol. The highest BCUT2D eigenvalue weighted by atomic mass is 16.5. The van der Waals surface area contributed by atoms with Gasteiger partial charge in [-0.3, -0.25) is 0 Å². The molecule has 0 saturated heterocycles. The number of methoxy groups -OCH3 is 1. The number of ether oxygens (including phenoxy) is 1. The second-order valence-corrected chi connectivity index (χ2v) is 3.34. The lowest BCUT2D eigenvalue weighted by atomic mass is 10.2. The van der Waals surface area contributed by atoms with E-state index in [-0.39, 0.29) is 6.10 Å². The molecule has 1 heterocycles. The van der Waals surface area contributed by atoms with Gasteiger partial charge < -0.3 is 14.9 Å². The molecule has 80 valence electrons. The summed E-state index contributed by atoms with van der Waals surface area (Å²) in [5, 5.41) is 0. The van der Waals surface area contributed by atoms with Crippen molar-refractivity contribution in [2.75, 3.05) is 13.7 Å². The maximum atomic E-state index is 5.47. The second kappa shape index (κ2) is 5.78. The standard InChI is InChI=1S/C10H18N2O2/c1-8(13-2)3-4-9-7-12-10(14-9)5-6-11/h7-8H,3-6,11H2,1-2H3. The van der Waals surface area contributed by atoms with Gasteiger partial charge in [0, 0.05) is 26.5 Å². The fraction of sp³-hybridized carbons (Fsp3) is 0.700. The van der Waals surface area contributed by atoms with E-state index in [1.54, 1.807) is 13.3 Å². The fourth-order valence-corrected chi connectivity index (χ4v) is 1.17. The van der Waals surface area contributed by atoms with Crippen molar-refractivity contribution in [3.63, 3.8) is 0 Å². The lowest BCUT2D eigenvalue weighted by Crippen LogP contribution is -2.05. The van der Waals surface area contributed by atoms with Gasteiger partial charge in [-0.25, -0.2) is 4.98 Å². The van der Waals surface area contributed by atoms with E-state index in [2.05, 4.69) is 4.98 Å². The normalized spacial score (nSPS) is 13.1. The molecule has 0 aliphatic rings. The Bertz CT molecular complexity index is 260. The van der Waals surface area contributed by atoms with Crippen LogP contribution in [0.5, 0.6) is 0 Å². The van der Waals surface area contributed by atoms with Crippen molar-refractivity contribution in [1.29, 1.82) is 0 Å². The van der Waals surface area contributed by atoms with Crippen LogP contribution in [-0.4, -0.2) is 24.7 Å². The third-order valence-electron chi connectivity index (χ3n) is 2.16. The van der Waals surface area contributed by atoms with Crippen molar-refractivity contribution in [2.24, 2.45) is 5.73 Å². The molecule has 0 amide bonds. The topological polar surface area (TPSA) is 61.3 Å². The maximum Gasteiger partial charge on any atom is 0.195 e. The van der Waals surface area contributed by atoms with Gasteiger partial charge in [-0.2, -0.15) is 0 Å². The number of hydrogen-bond acceptors (Lipinski definition) is 4. The van der Waals surface area contributed by atoms with Crippen LogP contribution in [0, 0.1) is 0 Å². The summed E-state index contributed by atoms with van der Waals surface area (Å²) in [6.07, 6.45) is 4.56. The number of oxazole rings is 1. The number of nitrogens with zero attached hydrogens (tertiary/aromatic N) is 1. The van der Waals surface area contributed by atoms with Crippen LogP contribution < -0.4 is 5.73 Å². The van der Waals surface area contributed by atoms with Gasteiger partial charge in [-0.1, -0.05) is 0 Å². The minimum atomic E-state index is 0.262. The Morgan fingerprint density at radius 3 is 3.00 bits per heavy atom. The van der Waals surface area contributed by atoms with Crippen LogP contribution >= 0.6 is 0 Å². The first kappa shape index (κ1) is 11.2. The zero-order valence-corrected chi connectivity index (χ0v) is 8.82. The van der Waals surface area contributed by atoms with Gasteiger partial charge in [0.2, 0.25) is 0 Å². The van der Waals surface area contributed by atoms with E-state index in [4.69, 9.17) is 14.9 Å². The van der Waals surface area contributed by atoms with Crippen molar-refractivity contribution in [1.82, 2.24) is 4.98 Å². The van der Waals surface area contributed by atoms with Gasteiger partial charge in [-0.15, -0.1) is 0 Å². The molecule has 4 heteroatoms. The molecule has 4 nitrogen and oxygen atoms in total. The zero-order chi connectivity index (χ0) is 10.4. The van der Waals surface area contributed by atoms with E-state index in [1.807, 2.05) is 6.92 Å². The lowest BCUT2D eigenvalue weighted by molar-refractivity contribution is 0.110. The first-order chi connectivity index (χ1) is 6.76. The Balaban J connectivity index is 2.35. The molecule has 1 aromatic heterocycles. The Labute approximate surface area is 84.5 Å². The van der Waals surface area contributed by atoms with Gasteiger partial charge in [0.05, 0.1) is 12.3 Å². The molecule has 0 aromatic carbocycles. The largest absolute Gasteiger partial charge is 0.446 e. The molecule has 1 aromatic rings. The van der Waals surface area contributed by atoms with Crippen LogP contribution in [0.25, 0.3) is 0 Å². The smallest absolute Gasteiger partial charge is 0.195 e. The molecule has 1 rings (SSSR count). The Morgan fingerprint density at radius 1 is 1.57 bits per heavy atom. The molecular formula is C10H18N2O2.